The number of para-hydroxylation sites is 1. The van der Waals surface area contributed by atoms with Crippen molar-refractivity contribution in [2.45, 2.75) is 12.8 Å². The van der Waals surface area contributed by atoms with Crippen LogP contribution in [-0.4, -0.2) is 41.8 Å². The highest BCUT2D eigenvalue weighted by atomic mass is 35.5. The molecule has 0 saturated carbocycles. The van der Waals surface area contributed by atoms with Crippen LogP contribution in [0.4, 0.5) is 5.82 Å². The van der Waals surface area contributed by atoms with Crippen LogP contribution in [0.1, 0.15) is 12.8 Å². The molecule has 1 aliphatic heterocycles. The number of benzene rings is 1. The Hall–Kier alpha value is -2.60. The minimum Gasteiger partial charge on any atom is -0.494 e. The van der Waals surface area contributed by atoms with E-state index >= 15 is 0 Å². The average Bonchev–Trinajstić information content (AvgIpc) is 2.72. The second kappa shape index (κ2) is 7.96. The van der Waals surface area contributed by atoms with Crippen molar-refractivity contribution in [3.8, 4) is 11.5 Å². The van der Waals surface area contributed by atoms with Gasteiger partial charge in [-0.25, -0.2) is 4.98 Å². The molecule has 140 valence electrons. The standard InChI is InChI=1S/C20H21ClN4O2/c1-26-17-11-22-10-16-18(17)19(24-20(21)23-16)25-9-5-6-14(12-25)13-27-15-7-3-2-4-8-15/h2-4,7-8,10-11,14H,5-6,9,12-13H2,1H3/t14-/m1/s1. The number of hydrogen-bond acceptors (Lipinski definition) is 6. The summed E-state index contributed by atoms with van der Waals surface area (Å²) in [6.45, 7) is 2.44. The Morgan fingerprint density at radius 3 is 2.85 bits per heavy atom. The van der Waals surface area contributed by atoms with Crippen LogP contribution in [0.3, 0.4) is 0 Å². The molecule has 0 aliphatic carbocycles. The fourth-order valence-electron chi connectivity index (χ4n) is 3.52. The average molecular weight is 385 g/mol. The van der Waals surface area contributed by atoms with Gasteiger partial charge in [0.15, 0.2) is 0 Å². The fraction of sp³-hybridized carbons (Fsp3) is 0.350. The Bertz CT molecular complexity index is 923. The van der Waals surface area contributed by atoms with Gasteiger partial charge in [-0.1, -0.05) is 18.2 Å². The summed E-state index contributed by atoms with van der Waals surface area (Å²) in [6, 6.07) is 9.92. The highest BCUT2D eigenvalue weighted by Gasteiger charge is 2.25. The van der Waals surface area contributed by atoms with E-state index in [9.17, 15) is 0 Å². The number of halogens is 1. The van der Waals surface area contributed by atoms with Gasteiger partial charge in [-0.3, -0.25) is 4.98 Å². The van der Waals surface area contributed by atoms with Crippen LogP contribution in [0, 0.1) is 5.92 Å². The molecule has 3 aromatic rings. The van der Waals surface area contributed by atoms with Crippen LogP contribution >= 0.6 is 11.6 Å². The molecule has 1 atom stereocenters. The molecule has 1 aliphatic rings. The predicted octanol–water partition coefficient (Wildman–Crippen LogP) is 3.98. The quantitative estimate of drug-likeness (QED) is 0.620. The van der Waals surface area contributed by atoms with Gasteiger partial charge in [0, 0.05) is 19.0 Å². The number of methoxy groups -OCH3 is 1. The highest BCUT2D eigenvalue weighted by Crippen LogP contribution is 2.34. The molecule has 0 spiro atoms. The summed E-state index contributed by atoms with van der Waals surface area (Å²) < 4.78 is 11.5. The van der Waals surface area contributed by atoms with Crippen molar-refractivity contribution < 1.29 is 9.47 Å². The number of fused-ring (bicyclic) bond motifs is 1. The minimum absolute atomic E-state index is 0.218. The Morgan fingerprint density at radius 1 is 1.19 bits per heavy atom. The Kier molecular flexibility index (Phi) is 5.25. The zero-order valence-electron chi connectivity index (χ0n) is 15.1. The number of pyridine rings is 1. The van der Waals surface area contributed by atoms with Crippen LogP contribution < -0.4 is 14.4 Å². The van der Waals surface area contributed by atoms with Crippen molar-refractivity contribution in [3.63, 3.8) is 0 Å². The lowest BCUT2D eigenvalue weighted by Crippen LogP contribution is -2.38. The van der Waals surface area contributed by atoms with Gasteiger partial charge in [0.05, 0.1) is 37.0 Å². The zero-order valence-corrected chi connectivity index (χ0v) is 15.9. The molecule has 0 bridgehead atoms. The molecule has 1 saturated heterocycles. The Labute approximate surface area is 163 Å². The van der Waals surface area contributed by atoms with Crippen LogP contribution in [-0.2, 0) is 0 Å². The summed E-state index contributed by atoms with van der Waals surface area (Å²) in [4.78, 5) is 15.2. The normalized spacial score (nSPS) is 17.1. The second-order valence-electron chi connectivity index (χ2n) is 6.63. The van der Waals surface area contributed by atoms with Crippen molar-refractivity contribution in [3.05, 3.63) is 48.0 Å². The molecule has 4 rings (SSSR count). The first-order valence-electron chi connectivity index (χ1n) is 9.02. The molecule has 27 heavy (non-hydrogen) atoms. The molecular weight excluding hydrogens is 364 g/mol. The van der Waals surface area contributed by atoms with Gasteiger partial charge in [-0.2, -0.15) is 4.98 Å². The van der Waals surface area contributed by atoms with E-state index < -0.39 is 0 Å². The molecule has 0 N–H and O–H groups in total. The molecule has 0 radical (unpaired) electrons. The van der Waals surface area contributed by atoms with Crippen LogP contribution in [0.15, 0.2) is 42.7 Å². The SMILES string of the molecule is COc1cncc2nc(Cl)nc(N3CCC[C@@H](COc4ccccc4)C3)c12. The lowest BCUT2D eigenvalue weighted by molar-refractivity contribution is 0.228. The van der Waals surface area contributed by atoms with E-state index in [0.717, 1.165) is 42.9 Å². The number of hydrogen-bond donors (Lipinski definition) is 0. The summed E-state index contributed by atoms with van der Waals surface area (Å²) in [6.07, 6.45) is 5.57. The zero-order chi connectivity index (χ0) is 18.6. The molecule has 2 aromatic heterocycles. The molecule has 0 amide bonds. The number of anilines is 1. The van der Waals surface area contributed by atoms with E-state index in [1.165, 1.54) is 0 Å². The number of nitrogens with zero attached hydrogens (tertiary/aromatic N) is 4. The maximum Gasteiger partial charge on any atom is 0.224 e. The van der Waals surface area contributed by atoms with Crippen molar-refractivity contribution in [1.82, 2.24) is 15.0 Å². The largest absolute Gasteiger partial charge is 0.494 e. The first-order chi connectivity index (χ1) is 13.2. The number of piperidine rings is 1. The van der Waals surface area contributed by atoms with E-state index in [0.29, 0.717) is 23.8 Å². The summed E-state index contributed by atoms with van der Waals surface area (Å²) in [5, 5.41) is 1.07. The van der Waals surface area contributed by atoms with Crippen LogP contribution in [0.25, 0.3) is 10.9 Å². The maximum absolute atomic E-state index is 6.17. The third kappa shape index (κ3) is 3.90. The Balaban J connectivity index is 1.57. The lowest BCUT2D eigenvalue weighted by Gasteiger charge is -2.34. The minimum atomic E-state index is 0.218. The van der Waals surface area contributed by atoms with Gasteiger partial charge < -0.3 is 14.4 Å². The fourth-order valence-corrected chi connectivity index (χ4v) is 3.69. The molecule has 1 aromatic carbocycles. The number of rotatable bonds is 5. The van der Waals surface area contributed by atoms with Gasteiger partial charge in [0.25, 0.3) is 0 Å². The highest BCUT2D eigenvalue weighted by molar-refractivity contribution is 6.29. The topological polar surface area (TPSA) is 60.4 Å². The van der Waals surface area contributed by atoms with Crippen LogP contribution in [0.5, 0.6) is 11.5 Å². The molecular formula is C20H21ClN4O2. The summed E-state index contributed by atoms with van der Waals surface area (Å²) >= 11 is 6.17. The molecule has 1 fully saturated rings. The molecule has 3 heterocycles. The first-order valence-corrected chi connectivity index (χ1v) is 9.40. The number of aromatic nitrogens is 3. The van der Waals surface area contributed by atoms with E-state index in [1.807, 2.05) is 30.3 Å². The number of ether oxygens (including phenoxy) is 2. The van der Waals surface area contributed by atoms with Crippen molar-refractivity contribution >= 4 is 28.3 Å². The summed E-state index contributed by atoms with van der Waals surface area (Å²) in [5.74, 6) is 2.77. The third-order valence-electron chi connectivity index (χ3n) is 4.79. The van der Waals surface area contributed by atoms with Gasteiger partial charge in [0.1, 0.15) is 17.3 Å². The maximum atomic E-state index is 6.17. The van der Waals surface area contributed by atoms with Gasteiger partial charge in [-0.05, 0) is 36.6 Å². The smallest absolute Gasteiger partial charge is 0.224 e. The molecule has 0 unspecified atom stereocenters. The van der Waals surface area contributed by atoms with E-state index in [4.69, 9.17) is 21.1 Å². The van der Waals surface area contributed by atoms with Crippen molar-refractivity contribution in [1.29, 1.82) is 0 Å². The predicted molar refractivity (Wildman–Crippen MR) is 106 cm³/mol. The summed E-state index contributed by atoms with van der Waals surface area (Å²) in [5.41, 5.74) is 0.687. The van der Waals surface area contributed by atoms with Crippen molar-refractivity contribution in [2.24, 2.45) is 5.92 Å². The van der Waals surface area contributed by atoms with E-state index in [-0.39, 0.29) is 5.28 Å². The van der Waals surface area contributed by atoms with Gasteiger partial charge in [-0.15, -0.1) is 0 Å². The lowest BCUT2D eigenvalue weighted by atomic mass is 9.98. The Morgan fingerprint density at radius 2 is 2.04 bits per heavy atom. The van der Waals surface area contributed by atoms with E-state index in [2.05, 4.69) is 19.9 Å². The second-order valence-corrected chi connectivity index (χ2v) is 6.97. The van der Waals surface area contributed by atoms with Crippen LogP contribution in [0.2, 0.25) is 5.28 Å². The monoisotopic (exact) mass is 384 g/mol. The first kappa shape index (κ1) is 17.8. The third-order valence-corrected chi connectivity index (χ3v) is 4.96. The molecule has 6 nitrogen and oxygen atoms in total. The van der Waals surface area contributed by atoms with Gasteiger partial charge in [0.2, 0.25) is 5.28 Å². The van der Waals surface area contributed by atoms with Gasteiger partial charge >= 0.3 is 0 Å². The molecule has 7 heteroatoms. The van der Waals surface area contributed by atoms with Crippen molar-refractivity contribution in [2.75, 3.05) is 31.7 Å². The summed E-state index contributed by atoms with van der Waals surface area (Å²) in [7, 11) is 1.63. The van der Waals surface area contributed by atoms with E-state index in [1.54, 1.807) is 19.5 Å².